The molecular weight excluding hydrogens is 569 g/mol. The molecule has 0 spiro atoms. The summed E-state index contributed by atoms with van der Waals surface area (Å²) in [5, 5.41) is -2.39. The van der Waals surface area contributed by atoms with E-state index in [1.54, 1.807) is 42.5 Å². The van der Waals surface area contributed by atoms with Crippen molar-refractivity contribution in [3.05, 3.63) is 169 Å². The molecule has 47 heavy (non-hydrogen) atoms. The fourth-order valence-electron chi connectivity index (χ4n) is 6.46. The van der Waals surface area contributed by atoms with Crippen molar-refractivity contribution < 1.29 is 31.8 Å². The van der Waals surface area contributed by atoms with Gasteiger partial charge in [0.05, 0.1) is 27.4 Å². The topological polar surface area (TPSA) is 13.1 Å². The zero-order valence-electron chi connectivity index (χ0n) is 44.0. The van der Waals surface area contributed by atoms with Gasteiger partial charge in [0, 0.05) is 10.8 Å². The Balaban J connectivity index is 1.62. The molecule has 0 saturated carbocycles. The molecule has 0 bridgehead atoms. The molecule has 9 aromatic carbocycles. The summed E-state index contributed by atoms with van der Waals surface area (Å²) in [6, 6.07) is -2.22. The molecule has 0 aliphatic rings. The summed E-state index contributed by atoms with van der Waals surface area (Å²) in [4.78, 5) is 0. The molecule has 0 fully saturated rings. The second-order valence-corrected chi connectivity index (χ2v) is 10.9. The van der Waals surface area contributed by atoms with Crippen molar-refractivity contribution in [3.8, 4) is 33.4 Å². The van der Waals surface area contributed by atoms with E-state index >= 15 is 0 Å². The van der Waals surface area contributed by atoms with Gasteiger partial charge in [-0.15, -0.1) is 0 Å². The number of fused-ring (bicyclic) bond motifs is 7. The third-order valence-electron chi connectivity index (χ3n) is 8.43. The maximum absolute atomic E-state index is 9.76. The van der Waals surface area contributed by atoms with Crippen molar-refractivity contribution in [2.45, 2.75) is 0 Å². The van der Waals surface area contributed by atoms with Crippen LogP contribution in [0.5, 0.6) is 0 Å². The summed E-state index contributed by atoms with van der Waals surface area (Å²) >= 11 is 0. The van der Waals surface area contributed by atoms with Gasteiger partial charge in [0.15, 0.2) is 0 Å². The van der Waals surface area contributed by atoms with E-state index in [0.29, 0.717) is 21.9 Å². The lowest BCUT2D eigenvalue weighted by molar-refractivity contribution is 0.669. The molecule has 10 aromatic rings. The van der Waals surface area contributed by atoms with Crippen molar-refractivity contribution in [2.24, 2.45) is 0 Å². The Morgan fingerprint density at radius 1 is 0.383 bits per heavy atom. The average Bonchev–Trinajstić information content (AvgIpc) is 3.69. The first-order valence-corrected chi connectivity index (χ1v) is 14.6. The Labute approximate surface area is 300 Å². The second kappa shape index (κ2) is 10.2. The first-order valence-electron chi connectivity index (χ1n) is 24.6. The van der Waals surface area contributed by atoms with E-state index in [9.17, 15) is 11.0 Å². The molecule has 0 atom stereocenters. The highest BCUT2D eigenvalue weighted by Crippen LogP contribution is 2.49. The summed E-state index contributed by atoms with van der Waals surface area (Å²) in [6.07, 6.45) is 0. The van der Waals surface area contributed by atoms with Gasteiger partial charge in [-0.05, 0) is 94.7 Å². The molecule has 10 rings (SSSR count). The standard InChI is InChI=1S/C46H28O/c1-3-16-32-29(12-1)14-9-22-36(32)44-38-19-5-6-20-39(38)46(37-23-10-15-30-13-2-4-17-33(30)37)45-34(21-11-24-40(44)45)31-26-27-43-41(28-31)35-18-7-8-25-42(35)47-43/h1-28H/i1D,2D,3D,4D,5D,6D,9D,10D,11D,12D,13D,14D,15D,16D,17D,19D,20D,22D,23D,24D. The van der Waals surface area contributed by atoms with Crippen LogP contribution < -0.4 is 0 Å². The van der Waals surface area contributed by atoms with Gasteiger partial charge < -0.3 is 4.42 Å². The van der Waals surface area contributed by atoms with Gasteiger partial charge in [0.25, 0.3) is 0 Å². The van der Waals surface area contributed by atoms with E-state index in [4.69, 9.17) is 20.9 Å². The first-order chi connectivity index (χ1) is 31.6. The lowest BCUT2D eigenvalue weighted by Gasteiger charge is -2.22. The molecular formula is C46H28O. The SMILES string of the molecule is [2H]c1cc(-c2ccc3oc4ccccc4c3c2)c2c(-c3c([2H])c([2H])c([2H])c4c([2H])c([2H])c([2H])c([2H])c34)c3c([2H])c([2H])c([2H])c([2H])c3c(-c3c([2H])c([2H])c([2H])c4c([2H])c([2H])c([2H])c([2H])c34)c2c1[2H]. The van der Waals surface area contributed by atoms with Gasteiger partial charge in [-0.3, -0.25) is 0 Å². The zero-order valence-corrected chi connectivity index (χ0v) is 24.0. The minimum atomic E-state index is -0.864. The number of hydrogen-bond acceptors (Lipinski definition) is 1. The van der Waals surface area contributed by atoms with Crippen LogP contribution in [0.15, 0.2) is 174 Å². The minimum Gasteiger partial charge on any atom is -0.456 e. The summed E-state index contributed by atoms with van der Waals surface area (Å²) in [7, 11) is 0. The van der Waals surface area contributed by atoms with Crippen molar-refractivity contribution in [3.63, 3.8) is 0 Å². The molecule has 0 saturated heterocycles. The molecule has 0 aliphatic carbocycles. The van der Waals surface area contributed by atoms with Crippen molar-refractivity contribution in [1.29, 1.82) is 0 Å². The molecule has 0 aliphatic heterocycles. The lowest BCUT2D eigenvalue weighted by atomic mass is 9.81. The third kappa shape index (κ3) is 3.90. The number of hydrogen-bond donors (Lipinski definition) is 0. The summed E-state index contributed by atoms with van der Waals surface area (Å²) in [5.41, 5.74) is -0.609. The Morgan fingerprint density at radius 2 is 0.957 bits per heavy atom. The number of para-hydroxylation sites is 1. The fraction of sp³-hybridized carbons (Fsp3) is 0. The van der Waals surface area contributed by atoms with Crippen LogP contribution in [0.1, 0.15) is 27.4 Å². The molecule has 0 radical (unpaired) electrons. The molecule has 0 unspecified atom stereocenters. The van der Waals surface area contributed by atoms with Gasteiger partial charge in [-0.25, -0.2) is 0 Å². The number of benzene rings is 9. The Kier molecular flexibility index (Phi) is 2.87. The first kappa shape index (κ1) is 13.3. The summed E-state index contributed by atoms with van der Waals surface area (Å²) in [6.45, 7) is 0. The van der Waals surface area contributed by atoms with Crippen molar-refractivity contribution in [1.82, 2.24) is 0 Å². The van der Waals surface area contributed by atoms with E-state index in [2.05, 4.69) is 0 Å². The lowest BCUT2D eigenvalue weighted by Crippen LogP contribution is -1.94. The van der Waals surface area contributed by atoms with Crippen LogP contribution in [0.25, 0.3) is 98.4 Å². The Bertz CT molecular complexity index is 3970. The monoisotopic (exact) mass is 616 g/mol. The van der Waals surface area contributed by atoms with Crippen LogP contribution in [0.4, 0.5) is 0 Å². The van der Waals surface area contributed by atoms with Crippen LogP contribution in [0.3, 0.4) is 0 Å². The predicted octanol–water partition coefficient (Wildman–Crippen LogP) is 13.2. The highest BCUT2D eigenvalue weighted by atomic mass is 16.3. The largest absolute Gasteiger partial charge is 0.456 e. The molecule has 0 amide bonds. The maximum atomic E-state index is 9.76. The molecule has 1 heterocycles. The molecule has 1 nitrogen and oxygen atoms in total. The van der Waals surface area contributed by atoms with Crippen molar-refractivity contribution >= 4 is 65.0 Å². The van der Waals surface area contributed by atoms with Crippen LogP contribution in [0, 0.1) is 0 Å². The summed E-state index contributed by atoms with van der Waals surface area (Å²) in [5.74, 6) is 0. The van der Waals surface area contributed by atoms with Gasteiger partial charge in [0.1, 0.15) is 11.2 Å². The van der Waals surface area contributed by atoms with Gasteiger partial charge in [0.2, 0.25) is 0 Å². The summed E-state index contributed by atoms with van der Waals surface area (Å²) < 4.78 is 188. The van der Waals surface area contributed by atoms with E-state index in [0.717, 1.165) is 0 Å². The molecule has 218 valence electrons. The molecule has 1 aromatic heterocycles. The fourth-order valence-corrected chi connectivity index (χ4v) is 6.46. The van der Waals surface area contributed by atoms with Crippen LogP contribution in [-0.4, -0.2) is 0 Å². The van der Waals surface area contributed by atoms with Crippen molar-refractivity contribution in [2.75, 3.05) is 0 Å². The highest BCUT2D eigenvalue weighted by Gasteiger charge is 2.22. The van der Waals surface area contributed by atoms with Gasteiger partial charge in [-0.2, -0.15) is 0 Å². The predicted molar refractivity (Wildman–Crippen MR) is 200 cm³/mol. The van der Waals surface area contributed by atoms with Crippen LogP contribution in [0.2, 0.25) is 0 Å². The Hall–Kier alpha value is -6.18. The number of furan rings is 1. The molecule has 0 N–H and O–H groups in total. The maximum Gasteiger partial charge on any atom is 0.135 e. The third-order valence-corrected chi connectivity index (χ3v) is 8.43. The zero-order chi connectivity index (χ0) is 48.3. The van der Waals surface area contributed by atoms with Gasteiger partial charge >= 0.3 is 0 Å². The minimum absolute atomic E-state index is 0.0320. The van der Waals surface area contributed by atoms with E-state index in [1.165, 1.54) is 6.07 Å². The van der Waals surface area contributed by atoms with Crippen LogP contribution >= 0.6 is 0 Å². The van der Waals surface area contributed by atoms with E-state index in [-0.39, 0.29) is 22.1 Å². The Morgan fingerprint density at radius 3 is 1.70 bits per heavy atom. The van der Waals surface area contributed by atoms with E-state index < -0.39 is 175 Å². The van der Waals surface area contributed by atoms with E-state index in [1.807, 2.05) is 0 Å². The number of rotatable bonds is 3. The smallest absolute Gasteiger partial charge is 0.135 e. The van der Waals surface area contributed by atoms with Gasteiger partial charge in [-0.1, -0.05) is 151 Å². The normalized spacial score (nSPS) is 17.8. The van der Waals surface area contributed by atoms with Crippen LogP contribution in [-0.2, 0) is 0 Å². The quantitative estimate of drug-likeness (QED) is 0.180. The second-order valence-electron chi connectivity index (χ2n) is 10.9. The average molecular weight is 617 g/mol. The molecule has 1 heteroatoms. The highest BCUT2D eigenvalue weighted by molar-refractivity contribution is 6.28.